The number of fused-ring (bicyclic) bond motifs is 5. The van der Waals surface area contributed by atoms with E-state index < -0.39 is 0 Å². The third-order valence-electron chi connectivity index (χ3n) is 10.4. The normalized spacial score (nSPS) is 42.0. The van der Waals surface area contributed by atoms with Crippen molar-refractivity contribution in [3.05, 3.63) is 11.6 Å². The van der Waals surface area contributed by atoms with Crippen LogP contribution in [0.3, 0.4) is 0 Å². The number of carbonyl (C=O) groups is 2. The smallest absolute Gasteiger partial charge is 0.302 e. The molecule has 4 rings (SSSR count). The minimum absolute atomic E-state index is 0.0485. The summed E-state index contributed by atoms with van der Waals surface area (Å²) in [5, 5.41) is 0. The lowest BCUT2D eigenvalue weighted by Crippen LogP contribution is -2.53. The van der Waals surface area contributed by atoms with Gasteiger partial charge in [-0.2, -0.15) is 0 Å². The summed E-state index contributed by atoms with van der Waals surface area (Å²) in [6.45, 7) is 13.6. The van der Waals surface area contributed by atoms with Crippen LogP contribution in [0.5, 0.6) is 0 Å². The molecule has 8 atom stereocenters. The van der Waals surface area contributed by atoms with E-state index in [2.05, 4.69) is 34.6 Å². The molecule has 3 fully saturated rings. The van der Waals surface area contributed by atoms with Crippen LogP contribution in [-0.4, -0.2) is 17.9 Å². The summed E-state index contributed by atoms with van der Waals surface area (Å²) in [7, 11) is 0. The first-order chi connectivity index (χ1) is 15.1. The molecule has 0 spiro atoms. The van der Waals surface area contributed by atoms with E-state index in [0.717, 1.165) is 37.0 Å². The molecule has 0 aromatic heterocycles. The fourth-order valence-electron chi connectivity index (χ4n) is 8.73. The van der Waals surface area contributed by atoms with Gasteiger partial charge in [-0.25, -0.2) is 0 Å². The molecule has 7 unspecified atom stereocenters. The quantitative estimate of drug-likeness (QED) is 0.411. The fourth-order valence-corrected chi connectivity index (χ4v) is 8.73. The molecule has 0 radical (unpaired) electrons. The van der Waals surface area contributed by atoms with Crippen molar-refractivity contribution in [2.45, 2.75) is 112 Å². The van der Waals surface area contributed by atoms with Crippen molar-refractivity contribution in [1.82, 2.24) is 0 Å². The lowest BCUT2D eigenvalue weighted by atomic mass is 9.46. The number of ketones is 1. The first kappa shape index (κ1) is 24.0. The molecule has 4 aliphatic rings. The third-order valence-corrected chi connectivity index (χ3v) is 10.4. The lowest BCUT2D eigenvalue weighted by Gasteiger charge is -2.57. The third kappa shape index (κ3) is 4.11. The van der Waals surface area contributed by atoms with Crippen LogP contribution in [0.2, 0.25) is 0 Å². The van der Waals surface area contributed by atoms with Crippen molar-refractivity contribution in [2.75, 3.05) is 0 Å². The van der Waals surface area contributed by atoms with Crippen LogP contribution in [-0.2, 0) is 14.3 Å². The van der Waals surface area contributed by atoms with E-state index in [9.17, 15) is 9.59 Å². The van der Waals surface area contributed by atoms with E-state index >= 15 is 0 Å². The number of hydrogen-bond donors (Lipinski definition) is 0. The fraction of sp³-hybridized carbons (Fsp3) is 0.862. The lowest BCUT2D eigenvalue weighted by molar-refractivity contribution is -0.149. The maximum atomic E-state index is 13.6. The van der Waals surface area contributed by atoms with E-state index in [1.807, 2.05) is 6.08 Å². The van der Waals surface area contributed by atoms with Crippen LogP contribution in [0.25, 0.3) is 0 Å². The topological polar surface area (TPSA) is 43.4 Å². The first-order valence-corrected chi connectivity index (χ1v) is 13.5. The molecule has 0 heterocycles. The molecule has 0 amide bonds. The van der Waals surface area contributed by atoms with Gasteiger partial charge in [0.2, 0.25) is 0 Å². The summed E-state index contributed by atoms with van der Waals surface area (Å²) < 4.78 is 5.54. The Morgan fingerprint density at radius 3 is 2.50 bits per heavy atom. The second kappa shape index (κ2) is 8.91. The number of allylic oxidation sites excluding steroid dienone is 1. The Balaban J connectivity index is 1.52. The maximum absolute atomic E-state index is 13.6. The zero-order valence-corrected chi connectivity index (χ0v) is 21.4. The first-order valence-electron chi connectivity index (χ1n) is 13.5. The Kier molecular flexibility index (Phi) is 6.69. The zero-order valence-electron chi connectivity index (χ0n) is 21.4. The van der Waals surface area contributed by atoms with Crippen LogP contribution in [0, 0.1) is 46.3 Å². The van der Waals surface area contributed by atoms with Crippen molar-refractivity contribution in [3.63, 3.8) is 0 Å². The van der Waals surface area contributed by atoms with Gasteiger partial charge in [-0.1, -0.05) is 59.5 Å². The van der Waals surface area contributed by atoms with Crippen LogP contribution < -0.4 is 0 Å². The number of ether oxygens (including phenoxy) is 1. The molecular weight excluding hydrogens is 396 g/mol. The maximum Gasteiger partial charge on any atom is 0.302 e. The highest BCUT2D eigenvalue weighted by molar-refractivity contribution is 5.94. The van der Waals surface area contributed by atoms with Gasteiger partial charge in [-0.3, -0.25) is 9.59 Å². The molecule has 0 aliphatic heterocycles. The van der Waals surface area contributed by atoms with Crippen molar-refractivity contribution in [3.8, 4) is 0 Å². The van der Waals surface area contributed by atoms with Gasteiger partial charge in [0.05, 0.1) is 0 Å². The van der Waals surface area contributed by atoms with Crippen LogP contribution in [0.4, 0.5) is 0 Å². The molecule has 0 N–H and O–H groups in total. The van der Waals surface area contributed by atoms with Gasteiger partial charge < -0.3 is 4.74 Å². The molecule has 3 saturated carbocycles. The summed E-state index contributed by atoms with van der Waals surface area (Å²) >= 11 is 0. The largest absolute Gasteiger partial charge is 0.462 e. The summed E-state index contributed by atoms with van der Waals surface area (Å²) in [5.74, 6) is 3.74. The van der Waals surface area contributed by atoms with E-state index in [1.165, 1.54) is 57.4 Å². The van der Waals surface area contributed by atoms with Crippen LogP contribution >= 0.6 is 0 Å². The molecule has 3 nitrogen and oxygen atoms in total. The van der Waals surface area contributed by atoms with E-state index in [1.54, 1.807) is 0 Å². The Morgan fingerprint density at radius 2 is 1.81 bits per heavy atom. The molecular formula is C29H46O3. The average Bonchev–Trinajstić information content (AvgIpc) is 3.05. The van der Waals surface area contributed by atoms with Gasteiger partial charge in [0.1, 0.15) is 6.10 Å². The predicted octanol–water partition coefficient (Wildman–Crippen LogP) is 7.14. The minimum Gasteiger partial charge on any atom is -0.462 e. The Morgan fingerprint density at radius 1 is 1.06 bits per heavy atom. The average molecular weight is 443 g/mol. The summed E-state index contributed by atoms with van der Waals surface area (Å²) in [5.41, 5.74) is 1.70. The standard InChI is InChI=1S/C29H46O3/c1-18(2)8-7-9-19(3)23-10-11-24-27-25(13-15-29(23,24)6)28(5)14-12-22(32-20(4)30)16-21(28)17-26(27)31/h17-19,22-25,27H,7-16H2,1-6H3/t19?,22-,23?,24?,25?,27?,28?,29?/m1/s1. The molecule has 4 aliphatic carbocycles. The van der Waals surface area contributed by atoms with Gasteiger partial charge >= 0.3 is 5.97 Å². The number of carbonyl (C=O) groups excluding carboxylic acids is 2. The van der Waals surface area contributed by atoms with Crippen molar-refractivity contribution >= 4 is 11.8 Å². The van der Waals surface area contributed by atoms with E-state index in [4.69, 9.17) is 4.74 Å². The van der Waals surface area contributed by atoms with Crippen LogP contribution in [0.15, 0.2) is 11.6 Å². The Hall–Kier alpha value is -1.12. The molecule has 0 aromatic rings. The second-order valence-electron chi connectivity index (χ2n) is 12.7. The van der Waals surface area contributed by atoms with Gasteiger partial charge in [-0.05, 0) is 85.0 Å². The molecule has 180 valence electrons. The summed E-state index contributed by atoms with van der Waals surface area (Å²) in [6.07, 6.45) is 13.7. The minimum atomic E-state index is -0.202. The van der Waals surface area contributed by atoms with Crippen molar-refractivity contribution < 1.29 is 14.3 Å². The summed E-state index contributed by atoms with van der Waals surface area (Å²) in [6, 6.07) is 0. The van der Waals surface area contributed by atoms with Crippen molar-refractivity contribution in [1.29, 1.82) is 0 Å². The highest BCUT2D eigenvalue weighted by Crippen LogP contribution is 2.66. The zero-order chi connectivity index (χ0) is 23.3. The number of hydrogen-bond acceptors (Lipinski definition) is 3. The van der Waals surface area contributed by atoms with Gasteiger partial charge in [0, 0.05) is 19.3 Å². The number of rotatable bonds is 6. The SMILES string of the molecule is CC(=O)O[C@@H]1CCC2(C)C(=CC(=O)C3C2CCC2(C)C(C(C)CCCC(C)C)CCC32)C1. The van der Waals surface area contributed by atoms with E-state index in [-0.39, 0.29) is 23.4 Å². The van der Waals surface area contributed by atoms with E-state index in [0.29, 0.717) is 23.0 Å². The molecule has 0 bridgehead atoms. The highest BCUT2D eigenvalue weighted by Gasteiger charge is 2.61. The molecule has 0 saturated heterocycles. The van der Waals surface area contributed by atoms with Gasteiger partial charge in [0.25, 0.3) is 0 Å². The molecule has 3 heteroatoms. The monoisotopic (exact) mass is 442 g/mol. The predicted molar refractivity (Wildman–Crippen MR) is 129 cm³/mol. The van der Waals surface area contributed by atoms with Gasteiger partial charge in [-0.15, -0.1) is 0 Å². The van der Waals surface area contributed by atoms with Crippen molar-refractivity contribution in [2.24, 2.45) is 46.3 Å². The molecule has 32 heavy (non-hydrogen) atoms. The van der Waals surface area contributed by atoms with Crippen LogP contribution in [0.1, 0.15) is 106 Å². The highest BCUT2D eigenvalue weighted by atomic mass is 16.5. The molecule has 0 aromatic carbocycles. The Labute approximate surface area is 196 Å². The second-order valence-corrected chi connectivity index (χ2v) is 12.7. The van der Waals surface area contributed by atoms with Gasteiger partial charge in [0.15, 0.2) is 5.78 Å². The summed E-state index contributed by atoms with van der Waals surface area (Å²) in [4.78, 5) is 25.1. The Bertz CT molecular complexity index is 766. The number of esters is 1.